The van der Waals surface area contributed by atoms with Crippen molar-refractivity contribution in [3.8, 4) is 0 Å². The van der Waals surface area contributed by atoms with Crippen LogP contribution >= 0.6 is 23.2 Å². The molecule has 2 rings (SSSR count). The second kappa shape index (κ2) is 6.73. The average Bonchev–Trinajstić information content (AvgIpc) is 2.45. The maximum absolute atomic E-state index is 13.6. The number of halogens is 3. The molecule has 5 heteroatoms. The summed E-state index contributed by atoms with van der Waals surface area (Å²) in [7, 11) is 0. The molecule has 0 aliphatic heterocycles. The van der Waals surface area contributed by atoms with Crippen molar-refractivity contribution >= 4 is 29.1 Å². The number of carbonyl (C=O) groups is 1. The number of amides is 1. The fourth-order valence-corrected chi connectivity index (χ4v) is 2.03. The Labute approximate surface area is 126 Å². The number of benzene rings is 2. The van der Waals surface area contributed by atoms with Gasteiger partial charge in [-0.05, 0) is 29.3 Å². The number of hydrogen-bond acceptors (Lipinski definition) is 1. The molecule has 0 bridgehead atoms. The van der Waals surface area contributed by atoms with Crippen LogP contribution in [0.1, 0.15) is 21.5 Å². The zero-order chi connectivity index (χ0) is 14.5. The zero-order valence-corrected chi connectivity index (χ0v) is 12.0. The van der Waals surface area contributed by atoms with Gasteiger partial charge in [0.2, 0.25) is 0 Å². The van der Waals surface area contributed by atoms with E-state index in [4.69, 9.17) is 23.2 Å². The Kier molecular flexibility index (Phi) is 4.99. The molecular formula is C15H12Cl2FNO. The highest BCUT2D eigenvalue weighted by Crippen LogP contribution is 2.14. The predicted octanol–water partition coefficient (Wildman–Crippen LogP) is 4.15. The summed E-state index contributed by atoms with van der Waals surface area (Å²) in [5.41, 5.74) is 1.90. The molecule has 0 fully saturated rings. The fourth-order valence-electron chi connectivity index (χ4n) is 1.70. The van der Waals surface area contributed by atoms with Crippen LogP contribution in [0.3, 0.4) is 0 Å². The Morgan fingerprint density at radius 3 is 2.35 bits per heavy atom. The van der Waals surface area contributed by atoms with E-state index in [0.29, 0.717) is 12.4 Å². The molecular weight excluding hydrogens is 300 g/mol. The lowest BCUT2D eigenvalue weighted by atomic mass is 10.1. The molecule has 2 aromatic carbocycles. The summed E-state index contributed by atoms with van der Waals surface area (Å²) in [6.45, 7) is 0.323. The fraction of sp³-hybridized carbons (Fsp3) is 0.133. The van der Waals surface area contributed by atoms with Crippen molar-refractivity contribution < 1.29 is 9.18 Å². The van der Waals surface area contributed by atoms with E-state index in [1.54, 1.807) is 0 Å². The SMILES string of the molecule is O=C(NCc1ccc(CCl)cc1)c1ccc(Cl)cc1F. The Bertz CT molecular complexity index is 614. The number of carbonyl (C=O) groups excluding carboxylic acids is 1. The molecule has 20 heavy (non-hydrogen) atoms. The van der Waals surface area contributed by atoms with Crippen molar-refractivity contribution in [3.05, 3.63) is 70.0 Å². The highest BCUT2D eigenvalue weighted by atomic mass is 35.5. The first-order valence-electron chi connectivity index (χ1n) is 5.97. The van der Waals surface area contributed by atoms with E-state index in [-0.39, 0.29) is 10.6 Å². The molecule has 0 heterocycles. The quantitative estimate of drug-likeness (QED) is 0.844. The van der Waals surface area contributed by atoms with Gasteiger partial charge < -0.3 is 5.32 Å². The number of hydrogen-bond donors (Lipinski definition) is 1. The van der Waals surface area contributed by atoms with Gasteiger partial charge in [-0.15, -0.1) is 11.6 Å². The highest BCUT2D eigenvalue weighted by Gasteiger charge is 2.11. The van der Waals surface area contributed by atoms with Crippen LogP contribution in [0.15, 0.2) is 42.5 Å². The first-order valence-corrected chi connectivity index (χ1v) is 6.88. The molecule has 0 radical (unpaired) electrons. The van der Waals surface area contributed by atoms with Crippen molar-refractivity contribution in [1.82, 2.24) is 5.32 Å². The van der Waals surface area contributed by atoms with Crippen LogP contribution in [0.25, 0.3) is 0 Å². The van der Waals surface area contributed by atoms with Gasteiger partial charge in [0, 0.05) is 17.4 Å². The number of nitrogens with one attached hydrogen (secondary N) is 1. The van der Waals surface area contributed by atoms with E-state index in [9.17, 15) is 9.18 Å². The van der Waals surface area contributed by atoms with Gasteiger partial charge in [0.05, 0.1) is 5.56 Å². The Hall–Kier alpha value is -1.58. The maximum atomic E-state index is 13.6. The van der Waals surface area contributed by atoms with Gasteiger partial charge in [-0.1, -0.05) is 35.9 Å². The minimum Gasteiger partial charge on any atom is -0.348 e. The first kappa shape index (κ1) is 14.8. The van der Waals surface area contributed by atoms with E-state index in [1.807, 2.05) is 24.3 Å². The highest BCUT2D eigenvalue weighted by molar-refractivity contribution is 6.30. The second-order valence-corrected chi connectivity index (χ2v) is 4.96. The summed E-state index contributed by atoms with van der Waals surface area (Å²) in [6.07, 6.45) is 0. The molecule has 0 saturated heterocycles. The smallest absolute Gasteiger partial charge is 0.254 e. The van der Waals surface area contributed by atoms with Crippen LogP contribution in [0.4, 0.5) is 4.39 Å². The molecule has 1 amide bonds. The van der Waals surface area contributed by atoms with Crippen LogP contribution < -0.4 is 5.32 Å². The van der Waals surface area contributed by atoms with E-state index in [2.05, 4.69) is 5.32 Å². The lowest BCUT2D eigenvalue weighted by molar-refractivity contribution is 0.0947. The summed E-state index contributed by atoms with van der Waals surface area (Å²) in [5.74, 6) is -0.657. The molecule has 0 spiro atoms. The summed E-state index contributed by atoms with van der Waals surface area (Å²) in [4.78, 5) is 11.9. The maximum Gasteiger partial charge on any atom is 0.254 e. The number of alkyl halides is 1. The van der Waals surface area contributed by atoms with Gasteiger partial charge in [-0.3, -0.25) is 4.79 Å². The van der Waals surface area contributed by atoms with Crippen molar-refractivity contribution in [2.45, 2.75) is 12.4 Å². The summed E-state index contributed by atoms with van der Waals surface area (Å²) < 4.78 is 13.6. The van der Waals surface area contributed by atoms with Gasteiger partial charge >= 0.3 is 0 Å². The van der Waals surface area contributed by atoms with Gasteiger partial charge in [0.1, 0.15) is 5.82 Å². The summed E-state index contributed by atoms with van der Waals surface area (Å²) >= 11 is 11.3. The Morgan fingerprint density at radius 1 is 1.10 bits per heavy atom. The van der Waals surface area contributed by atoms with Gasteiger partial charge in [0.15, 0.2) is 0 Å². The second-order valence-electron chi connectivity index (χ2n) is 4.26. The summed E-state index contributed by atoms with van der Waals surface area (Å²) in [6, 6.07) is 11.5. The molecule has 104 valence electrons. The third-order valence-corrected chi connectivity index (χ3v) is 3.35. The van der Waals surface area contributed by atoms with E-state index < -0.39 is 11.7 Å². The van der Waals surface area contributed by atoms with E-state index in [0.717, 1.165) is 17.2 Å². The Morgan fingerprint density at radius 2 is 1.75 bits per heavy atom. The van der Waals surface area contributed by atoms with Gasteiger partial charge in [-0.2, -0.15) is 0 Å². The van der Waals surface area contributed by atoms with E-state index >= 15 is 0 Å². The van der Waals surface area contributed by atoms with Crippen molar-refractivity contribution in [1.29, 1.82) is 0 Å². The molecule has 2 nitrogen and oxygen atoms in total. The third kappa shape index (κ3) is 3.71. The molecule has 0 saturated carbocycles. The standard InChI is InChI=1S/C15H12Cl2FNO/c16-8-10-1-3-11(4-2-10)9-19-15(20)13-6-5-12(17)7-14(13)18/h1-7H,8-9H2,(H,19,20). The minimum absolute atomic E-state index is 0.0215. The molecule has 0 atom stereocenters. The zero-order valence-electron chi connectivity index (χ0n) is 10.5. The molecule has 2 aromatic rings. The molecule has 0 unspecified atom stereocenters. The molecule has 0 aliphatic carbocycles. The van der Waals surface area contributed by atoms with Crippen molar-refractivity contribution in [2.75, 3.05) is 0 Å². The third-order valence-electron chi connectivity index (χ3n) is 2.81. The minimum atomic E-state index is -0.632. The topological polar surface area (TPSA) is 29.1 Å². The lowest BCUT2D eigenvalue weighted by Gasteiger charge is -2.07. The Balaban J connectivity index is 2.00. The van der Waals surface area contributed by atoms with Crippen molar-refractivity contribution in [3.63, 3.8) is 0 Å². The predicted molar refractivity (Wildman–Crippen MR) is 78.6 cm³/mol. The molecule has 0 aromatic heterocycles. The normalized spacial score (nSPS) is 10.3. The summed E-state index contributed by atoms with van der Waals surface area (Å²) in [5, 5.41) is 2.92. The van der Waals surface area contributed by atoms with Gasteiger partial charge in [0.25, 0.3) is 5.91 Å². The number of rotatable bonds is 4. The average molecular weight is 312 g/mol. The van der Waals surface area contributed by atoms with Crippen LogP contribution in [0.2, 0.25) is 5.02 Å². The van der Waals surface area contributed by atoms with Crippen LogP contribution in [-0.2, 0) is 12.4 Å². The van der Waals surface area contributed by atoms with Crippen LogP contribution in [-0.4, -0.2) is 5.91 Å². The van der Waals surface area contributed by atoms with E-state index in [1.165, 1.54) is 12.1 Å². The molecule has 1 N–H and O–H groups in total. The largest absolute Gasteiger partial charge is 0.348 e. The van der Waals surface area contributed by atoms with Gasteiger partial charge in [-0.25, -0.2) is 4.39 Å². The lowest BCUT2D eigenvalue weighted by Crippen LogP contribution is -2.23. The first-order chi connectivity index (χ1) is 9.60. The van der Waals surface area contributed by atoms with Crippen molar-refractivity contribution in [2.24, 2.45) is 0 Å². The van der Waals surface area contributed by atoms with Crippen LogP contribution in [0, 0.1) is 5.82 Å². The molecule has 0 aliphatic rings. The van der Waals surface area contributed by atoms with Crippen LogP contribution in [0.5, 0.6) is 0 Å². The monoisotopic (exact) mass is 311 g/mol.